The van der Waals surface area contributed by atoms with Crippen molar-refractivity contribution in [2.75, 3.05) is 12.5 Å². The molecule has 0 spiro atoms. The zero-order chi connectivity index (χ0) is 14.4. The molecular weight excluding hydrogens is 286 g/mol. The number of ether oxygens (including phenoxy) is 2. The highest BCUT2D eigenvalue weighted by Gasteiger charge is 2.42. The summed E-state index contributed by atoms with van der Waals surface area (Å²) in [4.78, 5) is 0. The monoisotopic (exact) mass is 310 g/mol. The van der Waals surface area contributed by atoms with E-state index in [4.69, 9.17) is 21.1 Å². The average molecular weight is 311 g/mol. The molecule has 2 atom stereocenters. The van der Waals surface area contributed by atoms with E-state index < -0.39 is 12.4 Å². The Hall–Kier alpha value is 0.0700. The summed E-state index contributed by atoms with van der Waals surface area (Å²) in [5.74, 6) is 0.314. The van der Waals surface area contributed by atoms with Crippen LogP contribution in [0.2, 0.25) is 0 Å². The molecule has 2 nitrogen and oxygen atoms in total. The molecule has 2 unspecified atom stereocenters. The van der Waals surface area contributed by atoms with E-state index in [0.717, 1.165) is 12.8 Å². The van der Waals surface area contributed by atoms with Gasteiger partial charge in [-0.25, -0.2) is 0 Å². The van der Waals surface area contributed by atoms with Crippen molar-refractivity contribution >= 4 is 11.6 Å². The Bertz CT molecular complexity index is 285. The summed E-state index contributed by atoms with van der Waals surface area (Å²) in [7, 11) is 0. The fraction of sp³-hybridized carbons (Fsp3) is 1.00. The van der Waals surface area contributed by atoms with Crippen LogP contribution in [-0.2, 0) is 9.47 Å². The Morgan fingerprint density at radius 1 is 1.05 bits per heavy atom. The lowest BCUT2D eigenvalue weighted by Crippen LogP contribution is -2.44. The van der Waals surface area contributed by atoms with Gasteiger partial charge in [0.05, 0.1) is 6.61 Å². The maximum absolute atomic E-state index is 12.7. The minimum atomic E-state index is -2.78. The normalized spacial score (nSPS) is 32.7. The Morgan fingerprint density at radius 3 is 2.40 bits per heavy atom. The van der Waals surface area contributed by atoms with Crippen molar-refractivity contribution in [3.63, 3.8) is 0 Å². The highest BCUT2D eigenvalue weighted by atomic mass is 35.5. The molecule has 2 fully saturated rings. The second-order valence-corrected chi connectivity index (χ2v) is 6.46. The number of halogens is 3. The predicted octanol–water partition coefficient (Wildman–Crippen LogP) is 4.95. The Kier molecular flexibility index (Phi) is 6.50. The van der Waals surface area contributed by atoms with Crippen LogP contribution < -0.4 is 0 Å². The molecular formula is C15H25ClF2O2. The van der Waals surface area contributed by atoms with Crippen molar-refractivity contribution in [2.24, 2.45) is 11.8 Å². The molecule has 20 heavy (non-hydrogen) atoms. The van der Waals surface area contributed by atoms with Crippen molar-refractivity contribution in [2.45, 2.75) is 70.2 Å². The maximum atomic E-state index is 12.7. The van der Waals surface area contributed by atoms with Crippen molar-refractivity contribution in [1.82, 2.24) is 0 Å². The van der Waals surface area contributed by atoms with Gasteiger partial charge in [0.1, 0.15) is 0 Å². The Morgan fingerprint density at radius 2 is 1.75 bits per heavy atom. The molecule has 0 amide bonds. The lowest BCUT2D eigenvalue weighted by atomic mass is 9.71. The van der Waals surface area contributed by atoms with Crippen LogP contribution in [0.3, 0.4) is 0 Å². The fourth-order valence-electron chi connectivity index (χ4n) is 3.90. The van der Waals surface area contributed by atoms with Crippen LogP contribution in [-0.4, -0.2) is 24.9 Å². The van der Waals surface area contributed by atoms with Gasteiger partial charge in [-0.05, 0) is 24.7 Å². The predicted molar refractivity (Wildman–Crippen MR) is 75.0 cm³/mol. The van der Waals surface area contributed by atoms with E-state index in [0.29, 0.717) is 30.6 Å². The van der Waals surface area contributed by atoms with Gasteiger partial charge >= 0.3 is 6.61 Å². The van der Waals surface area contributed by atoms with Gasteiger partial charge in [0.15, 0.2) is 5.79 Å². The van der Waals surface area contributed by atoms with E-state index in [1.807, 2.05) is 0 Å². The first-order chi connectivity index (χ1) is 9.65. The third kappa shape index (κ3) is 4.54. The minimum absolute atomic E-state index is 0.270. The molecule has 2 rings (SSSR count). The zero-order valence-corrected chi connectivity index (χ0v) is 12.7. The van der Waals surface area contributed by atoms with Gasteiger partial charge in [0.2, 0.25) is 0 Å². The first-order valence-electron chi connectivity index (χ1n) is 7.81. The Labute approximate surface area is 125 Å². The van der Waals surface area contributed by atoms with Crippen LogP contribution >= 0.6 is 11.6 Å². The SMILES string of the molecule is FC(F)OC1(OCCCl)CCCC(C2CCCCC2)C1. The van der Waals surface area contributed by atoms with E-state index in [9.17, 15) is 8.78 Å². The van der Waals surface area contributed by atoms with Crippen molar-refractivity contribution < 1.29 is 18.3 Å². The molecule has 0 aromatic carbocycles. The van der Waals surface area contributed by atoms with Crippen LogP contribution in [0.5, 0.6) is 0 Å². The molecule has 0 saturated heterocycles. The lowest BCUT2D eigenvalue weighted by Gasteiger charge is -2.43. The molecule has 0 radical (unpaired) electrons. The second-order valence-electron chi connectivity index (χ2n) is 6.08. The smallest absolute Gasteiger partial charge is 0.347 e. The number of hydrogen-bond donors (Lipinski definition) is 0. The topological polar surface area (TPSA) is 18.5 Å². The summed E-state index contributed by atoms with van der Waals surface area (Å²) in [5, 5.41) is 0. The molecule has 5 heteroatoms. The third-order valence-electron chi connectivity index (χ3n) is 4.77. The standard InChI is InChI=1S/C15H25ClF2O2/c16-9-10-19-15(20-14(17)18)8-4-7-13(11-15)12-5-2-1-3-6-12/h12-14H,1-11H2. The summed E-state index contributed by atoms with van der Waals surface area (Å²) >= 11 is 5.64. The van der Waals surface area contributed by atoms with E-state index in [-0.39, 0.29) is 6.61 Å². The first-order valence-corrected chi connectivity index (χ1v) is 8.34. The molecule has 118 valence electrons. The summed E-state index contributed by atoms with van der Waals surface area (Å²) in [6.45, 7) is -2.51. The number of hydrogen-bond acceptors (Lipinski definition) is 2. The van der Waals surface area contributed by atoms with Gasteiger partial charge in [-0.1, -0.05) is 32.1 Å². The van der Waals surface area contributed by atoms with Gasteiger partial charge in [0.25, 0.3) is 0 Å². The number of alkyl halides is 3. The summed E-state index contributed by atoms with van der Waals surface area (Å²) in [6, 6.07) is 0. The van der Waals surface area contributed by atoms with E-state index >= 15 is 0 Å². The number of rotatable bonds is 6. The molecule has 0 N–H and O–H groups in total. The average Bonchev–Trinajstić information content (AvgIpc) is 2.46. The first kappa shape index (κ1) is 16.4. The van der Waals surface area contributed by atoms with E-state index in [2.05, 4.69) is 0 Å². The molecule has 2 aliphatic carbocycles. The lowest BCUT2D eigenvalue weighted by molar-refractivity contribution is -0.327. The Balaban J connectivity index is 1.98. The highest BCUT2D eigenvalue weighted by Crippen LogP contribution is 2.44. The quantitative estimate of drug-likeness (QED) is 0.510. The summed E-state index contributed by atoms with van der Waals surface area (Å²) in [5.41, 5.74) is 0. The molecule has 0 aromatic rings. The molecule has 0 aliphatic heterocycles. The molecule has 0 heterocycles. The van der Waals surface area contributed by atoms with Gasteiger partial charge in [-0.2, -0.15) is 8.78 Å². The van der Waals surface area contributed by atoms with Crippen LogP contribution in [0, 0.1) is 11.8 Å². The third-order valence-corrected chi connectivity index (χ3v) is 4.92. The van der Waals surface area contributed by atoms with Crippen LogP contribution in [0.1, 0.15) is 57.8 Å². The second kappa shape index (κ2) is 7.90. The van der Waals surface area contributed by atoms with Gasteiger partial charge < -0.3 is 4.74 Å². The van der Waals surface area contributed by atoms with Crippen molar-refractivity contribution in [1.29, 1.82) is 0 Å². The van der Waals surface area contributed by atoms with Crippen LogP contribution in [0.25, 0.3) is 0 Å². The zero-order valence-electron chi connectivity index (χ0n) is 12.0. The molecule has 2 aliphatic rings. The van der Waals surface area contributed by atoms with Crippen molar-refractivity contribution in [3.05, 3.63) is 0 Å². The maximum Gasteiger partial charge on any atom is 0.347 e. The van der Waals surface area contributed by atoms with E-state index in [1.165, 1.54) is 32.1 Å². The molecule has 2 saturated carbocycles. The van der Waals surface area contributed by atoms with Gasteiger partial charge in [-0.3, -0.25) is 4.74 Å². The summed E-state index contributed by atoms with van der Waals surface area (Å²) < 4.78 is 36.0. The molecule has 0 bridgehead atoms. The molecule has 0 aromatic heterocycles. The van der Waals surface area contributed by atoms with E-state index in [1.54, 1.807) is 0 Å². The minimum Gasteiger partial charge on any atom is -0.348 e. The largest absolute Gasteiger partial charge is 0.348 e. The van der Waals surface area contributed by atoms with Gasteiger partial charge in [0, 0.05) is 18.7 Å². The van der Waals surface area contributed by atoms with Crippen molar-refractivity contribution in [3.8, 4) is 0 Å². The van der Waals surface area contributed by atoms with Crippen LogP contribution in [0.15, 0.2) is 0 Å². The highest BCUT2D eigenvalue weighted by molar-refractivity contribution is 6.17. The summed E-state index contributed by atoms with van der Waals surface area (Å²) in [6.07, 6.45) is 9.47. The van der Waals surface area contributed by atoms with Gasteiger partial charge in [-0.15, -0.1) is 11.6 Å². The fourth-order valence-corrected chi connectivity index (χ4v) is 3.98. The van der Waals surface area contributed by atoms with Crippen LogP contribution in [0.4, 0.5) is 8.78 Å².